The second-order valence-corrected chi connectivity index (χ2v) is 19.9. The zero-order valence-corrected chi connectivity index (χ0v) is 41.1. The van der Waals surface area contributed by atoms with Gasteiger partial charge in [-0.1, -0.05) is 204 Å². The number of carbonyl (C=O) groups excluding carboxylic acids is 1. The Kier molecular flexibility index (Phi) is 42.1. The summed E-state index contributed by atoms with van der Waals surface area (Å²) in [6.45, 7) is 4.63. The maximum absolute atomic E-state index is 12.9. The van der Waals surface area contributed by atoms with E-state index < -0.39 is 26.6 Å². The Balaban J connectivity index is 4.27. The van der Waals surface area contributed by atoms with Crippen LogP contribution in [0, 0.1) is 0 Å². The summed E-state index contributed by atoms with van der Waals surface area (Å²) in [6.07, 6.45) is 53.5. The largest absolute Gasteiger partial charge is 0.756 e. The number of carbonyl (C=O) groups is 1. The first-order chi connectivity index (χ1) is 29.0. The molecule has 0 aromatic heterocycles. The number of aliphatic hydroxyl groups is 1. The highest BCUT2D eigenvalue weighted by Crippen LogP contribution is 2.38. The molecule has 0 spiro atoms. The normalized spacial score (nSPS) is 14.4. The lowest BCUT2D eigenvalue weighted by molar-refractivity contribution is -0.870. The second kappa shape index (κ2) is 43.0. The summed E-state index contributed by atoms with van der Waals surface area (Å²) in [7, 11) is 1.24. The van der Waals surface area contributed by atoms with Gasteiger partial charge in [0.1, 0.15) is 13.2 Å². The van der Waals surface area contributed by atoms with E-state index in [2.05, 4.69) is 43.5 Å². The van der Waals surface area contributed by atoms with Crippen LogP contribution in [0.4, 0.5) is 0 Å². The summed E-state index contributed by atoms with van der Waals surface area (Å²) in [5.74, 6) is -0.210. The van der Waals surface area contributed by atoms with Crippen LogP contribution in [0.5, 0.6) is 0 Å². The molecule has 0 saturated heterocycles. The summed E-state index contributed by atoms with van der Waals surface area (Å²) in [5, 5.41) is 13.8. The molecule has 0 aromatic rings. The quantitative estimate of drug-likeness (QED) is 0.0273. The standard InChI is InChI=1S/C51H99N2O6P/c1-6-8-10-12-14-16-18-20-22-23-24-25-26-27-28-29-30-31-33-35-37-39-41-43-45-51(55)52-49(48-59-60(56,57)58-47-46-53(3,4)5)50(54)44-42-40-38-36-34-32-21-19-17-15-13-11-9-7-2/h27-28,34,36,42,44,49-50,54H,6-26,29-33,35,37-41,43,45-48H2,1-5H3,(H-,52,55,56,57)/b28-27-,36-34+,44-42+. The Bertz CT molecular complexity index is 1070. The zero-order valence-electron chi connectivity index (χ0n) is 40.2. The number of nitrogens with zero attached hydrogens (tertiary/aromatic N) is 1. The van der Waals surface area contributed by atoms with E-state index in [1.54, 1.807) is 6.08 Å². The third-order valence-corrected chi connectivity index (χ3v) is 12.3. The van der Waals surface area contributed by atoms with E-state index in [1.165, 1.54) is 173 Å². The van der Waals surface area contributed by atoms with Crippen molar-refractivity contribution in [2.24, 2.45) is 0 Å². The fourth-order valence-corrected chi connectivity index (χ4v) is 8.00. The first-order valence-corrected chi connectivity index (χ1v) is 26.8. The lowest BCUT2D eigenvalue weighted by Gasteiger charge is -2.29. The maximum Gasteiger partial charge on any atom is 0.268 e. The number of hydrogen-bond acceptors (Lipinski definition) is 6. The SMILES string of the molecule is CCCCCCCCCC/C=C/CC/C=C/C(O)C(COP(=O)([O-])OCC[N+](C)(C)C)NC(=O)CCCCCCCCCC/C=C\CCCCCCCCCCCCCC. The third-order valence-electron chi connectivity index (χ3n) is 11.3. The molecule has 0 heterocycles. The molecular formula is C51H99N2O6P. The molecule has 0 rings (SSSR count). The number of aliphatic hydroxyl groups excluding tert-OH is 1. The van der Waals surface area contributed by atoms with Crippen LogP contribution in [0.3, 0.4) is 0 Å². The molecule has 0 aliphatic rings. The Morgan fingerprint density at radius 3 is 1.35 bits per heavy atom. The predicted octanol–water partition coefficient (Wildman–Crippen LogP) is 14.0. The molecule has 3 unspecified atom stereocenters. The van der Waals surface area contributed by atoms with Crippen molar-refractivity contribution in [3.63, 3.8) is 0 Å². The molecule has 0 fully saturated rings. The highest BCUT2D eigenvalue weighted by molar-refractivity contribution is 7.45. The summed E-state index contributed by atoms with van der Waals surface area (Å²) in [5.41, 5.74) is 0. The van der Waals surface area contributed by atoms with Gasteiger partial charge in [0, 0.05) is 6.42 Å². The van der Waals surface area contributed by atoms with E-state index in [4.69, 9.17) is 9.05 Å². The van der Waals surface area contributed by atoms with Gasteiger partial charge >= 0.3 is 0 Å². The van der Waals surface area contributed by atoms with E-state index in [-0.39, 0.29) is 12.5 Å². The average Bonchev–Trinajstić information content (AvgIpc) is 3.20. The van der Waals surface area contributed by atoms with Crippen molar-refractivity contribution in [1.29, 1.82) is 0 Å². The Morgan fingerprint density at radius 2 is 0.933 bits per heavy atom. The number of nitrogens with one attached hydrogen (secondary N) is 1. The number of hydrogen-bond donors (Lipinski definition) is 2. The summed E-state index contributed by atoms with van der Waals surface area (Å²) >= 11 is 0. The number of likely N-dealkylation sites (N-methyl/N-ethyl adjacent to an activating group) is 1. The van der Waals surface area contributed by atoms with Crippen LogP contribution < -0.4 is 10.2 Å². The van der Waals surface area contributed by atoms with Crippen molar-refractivity contribution in [3.05, 3.63) is 36.5 Å². The fraction of sp³-hybridized carbons (Fsp3) is 0.863. The van der Waals surface area contributed by atoms with E-state index in [1.807, 2.05) is 27.2 Å². The lowest BCUT2D eigenvalue weighted by atomic mass is 10.0. The first-order valence-electron chi connectivity index (χ1n) is 25.4. The van der Waals surface area contributed by atoms with Crippen LogP contribution in [-0.2, 0) is 18.4 Å². The molecule has 60 heavy (non-hydrogen) atoms. The minimum Gasteiger partial charge on any atom is -0.756 e. The third kappa shape index (κ3) is 44.8. The summed E-state index contributed by atoms with van der Waals surface area (Å²) in [4.78, 5) is 25.4. The van der Waals surface area contributed by atoms with Gasteiger partial charge in [0.15, 0.2) is 0 Å². The Morgan fingerprint density at radius 1 is 0.567 bits per heavy atom. The number of phosphoric ester groups is 1. The molecule has 1 amide bonds. The van der Waals surface area contributed by atoms with Crippen LogP contribution >= 0.6 is 7.82 Å². The van der Waals surface area contributed by atoms with Crippen LogP contribution in [-0.4, -0.2) is 68.5 Å². The fourth-order valence-electron chi connectivity index (χ4n) is 7.28. The van der Waals surface area contributed by atoms with E-state index in [0.717, 1.165) is 38.5 Å². The molecule has 0 aliphatic heterocycles. The zero-order chi connectivity index (χ0) is 44.3. The van der Waals surface area contributed by atoms with Crippen molar-refractivity contribution in [2.45, 2.75) is 244 Å². The molecule has 0 saturated carbocycles. The van der Waals surface area contributed by atoms with Crippen molar-refractivity contribution in [2.75, 3.05) is 40.9 Å². The van der Waals surface area contributed by atoms with Crippen molar-refractivity contribution in [1.82, 2.24) is 5.32 Å². The Labute approximate surface area is 372 Å². The van der Waals surface area contributed by atoms with E-state index >= 15 is 0 Å². The van der Waals surface area contributed by atoms with Crippen molar-refractivity contribution < 1.29 is 32.9 Å². The second-order valence-electron chi connectivity index (χ2n) is 18.5. The Hall–Kier alpha value is -1.28. The van der Waals surface area contributed by atoms with Gasteiger partial charge < -0.3 is 28.8 Å². The topological polar surface area (TPSA) is 108 Å². The molecule has 0 aromatic carbocycles. The van der Waals surface area contributed by atoms with Crippen molar-refractivity contribution in [3.8, 4) is 0 Å². The number of amides is 1. The van der Waals surface area contributed by atoms with Gasteiger partial charge in [-0.2, -0.15) is 0 Å². The number of allylic oxidation sites excluding steroid dienone is 5. The summed E-state index contributed by atoms with van der Waals surface area (Å²) < 4.78 is 23.2. The van der Waals surface area contributed by atoms with Gasteiger partial charge in [-0.25, -0.2) is 0 Å². The smallest absolute Gasteiger partial charge is 0.268 e. The van der Waals surface area contributed by atoms with Gasteiger partial charge in [-0.05, 0) is 57.8 Å². The van der Waals surface area contributed by atoms with Gasteiger partial charge in [-0.3, -0.25) is 9.36 Å². The van der Waals surface area contributed by atoms with Gasteiger partial charge in [0.2, 0.25) is 5.91 Å². The van der Waals surface area contributed by atoms with E-state index in [9.17, 15) is 19.4 Å². The van der Waals surface area contributed by atoms with Crippen molar-refractivity contribution >= 4 is 13.7 Å². The molecule has 0 bridgehead atoms. The van der Waals surface area contributed by atoms with E-state index in [0.29, 0.717) is 17.4 Å². The predicted molar refractivity (Wildman–Crippen MR) is 256 cm³/mol. The molecule has 0 radical (unpaired) electrons. The van der Waals surface area contributed by atoms with Crippen LogP contribution in [0.15, 0.2) is 36.5 Å². The molecule has 0 aliphatic carbocycles. The van der Waals surface area contributed by atoms with Crippen LogP contribution in [0.25, 0.3) is 0 Å². The van der Waals surface area contributed by atoms with Gasteiger partial charge in [0.25, 0.3) is 7.82 Å². The molecule has 354 valence electrons. The highest BCUT2D eigenvalue weighted by Gasteiger charge is 2.23. The number of phosphoric acid groups is 1. The number of unbranched alkanes of at least 4 members (excludes halogenated alkanes) is 29. The minimum absolute atomic E-state index is 0.00671. The number of rotatable bonds is 46. The molecule has 3 atom stereocenters. The average molecular weight is 867 g/mol. The molecule has 8 nitrogen and oxygen atoms in total. The molecular weight excluding hydrogens is 768 g/mol. The van der Waals surface area contributed by atoms with Crippen LogP contribution in [0.2, 0.25) is 0 Å². The first kappa shape index (κ1) is 58.7. The van der Waals surface area contributed by atoms with Gasteiger partial charge in [0.05, 0.1) is 39.9 Å². The molecule has 2 N–H and O–H groups in total. The minimum atomic E-state index is -4.60. The van der Waals surface area contributed by atoms with Gasteiger partial charge in [-0.15, -0.1) is 0 Å². The van der Waals surface area contributed by atoms with Crippen LogP contribution in [0.1, 0.15) is 232 Å². The highest BCUT2D eigenvalue weighted by atomic mass is 31.2. The lowest BCUT2D eigenvalue weighted by Crippen LogP contribution is -2.45. The monoisotopic (exact) mass is 867 g/mol. The number of quaternary nitrogens is 1. The summed E-state index contributed by atoms with van der Waals surface area (Å²) in [6, 6.07) is -0.903. The maximum atomic E-state index is 12.9. The molecule has 9 heteroatoms.